The van der Waals surface area contributed by atoms with Crippen LogP contribution in [0.4, 0.5) is 5.69 Å². The molecule has 0 aliphatic carbocycles. The second-order valence-electron chi connectivity index (χ2n) is 9.71. The smallest absolute Gasteiger partial charge is 0.264 e. The number of amides is 2. The van der Waals surface area contributed by atoms with Crippen LogP contribution in [0.5, 0.6) is 0 Å². The van der Waals surface area contributed by atoms with Gasteiger partial charge in [0.15, 0.2) is 0 Å². The van der Waals surface area contributed by atoms with Crippen LogP contribution >= 0.6 is 11.6 Å². The largest absolute Gasteiger partial charge is 0.354 e. The first-order chi connectivity index (χ1) is 18.4. The number of hydrogen-bond acceptors (Lipinski definition) is 4. The molecule has 39 heavy (non-hydrogen) atoms. The molecule has 9 heteroatoms. The van der Waals surface area contributed by atoms with Crippen LogP contribution in [0, 0.1) is 20.8 Å². The number of anilines is 1. The van der Waals surface area contributed by atoms with Gasteiger partial charge in [-0.3, -0.25) is 13.9 Å². The van der Waals surface area contributed by atoms with E-state index in [9.17, 15) is 18.0 Å². The number of carbonyl (C=O) groups excluding carboxylic acids is 2. The van der Waals surface area contributed by atoms with Crippen LogP contribution in [-0.4, -0.2) is 44.3 Å². The fourth-order valence-electron chi connectivity index (χ4n) is 4.06. The van der Waals surface area contributed by atoms with Crippen molar-refractivity contribution in [1.82, 2.24) is 10.2 Å². The van der Waals surface area contributed by atoms with Crippen molar-refractivity contribution in [2.45, 2.75) is 58.5 Å². The lowest BCUT2D eigenvalue weighted by Gasteiger charge is -2.32. The Morgan fingerprint density at radius 3 is 2.26 bits per heavy atom. The molecule has 2 amide bonds. The number of sulfonamides is 1. The first-order valence-electron chi connectivity index (χ1n) is 12.9. The molecule has 1 N–H and O–H groups in total. The van der Waals surface area contributed by atoms with Crippen molar-refractivity contribution in [2.75, 3.05) is 17.4 Å². The molecule has 0 bridgehead atoms. The predicted octanol–water partition coefficient (Wildman–Crippen LogP) is 5.40. The fourth-order valence-corrected chi connectivity index (χ4v) is 5.68. The Morgan fingerprint density at radius 1 is 0.949 bits per heavy atom. The summed E-state index contributed by atoms with van der Waals surface area (Å²) in [6, 6.07) is 18.0. The van der Waals surface area contributed by atoms with Crippen molar-refractivity contribution in [1.29, 1.82) is 0 Å². The summed E-state index contributed by atoms with van der Waals surface area (Å²) in [5, 5.41) is 3.34. The molecule has 0 radical (unpaired) electrons. The van der Waals surface area contributed by atoms with E-state index in [0.717, 1.165) is 33.0 Å². The fraction of sp³-hybridized carbons (Fsp3) is 0.333. The number of halogens is 1. The minimum absolute atomic E-state index is 0.0780. The van der Waals surface area contributed by atoms with E-state index in [4.69, 9.17) is 11.6 Å². The summed E-state index contributed by atoms with van der Waals surface area (Å²) in [7, 11) is -4.10. The van der Waals surface area contributed by atoms with Gasteiger partial charge in [0, 0.05) is 18.1 Å². The summed E-state index contributed by atoms with van der Waals surface area (Å²) < 4.78 is 28.9. The molecule has 0 unspecified atom stereocenters. The third kappa shape index (κ3) is 7.61. The van der Waals surface area contributed by atoms with Gasteiger partial charge in [0.25, 0.3) is 10.0 Å². The van der Waals surface area contributed by atoms with Crippen LogP contribution in [0.25, 0.3) is 0 Å². The topological polar surface area (TPSA) is 86.8 Å². The zero-order valence-electron chi connectivity index (χ0n) is 23.1. The van der Waals surface area contributed by atoms with Crippen LogP contribution in [0.1, 0.15) is 42.5 Å². The number of nitrogens with zero attached hydrogens (tertiary/aromatic N) is 2. The highest BCUT2D eigenvalue weighted by Gasteiger charge is 2.32. The zero-order valence-corrected chi connectivity index (χ0v) is 24.6. The molecule has 0 saturated carbocycles. The van der Waals surface area contributed by atoms with Crippen LogP contribution < -0.4 is 9.62 Å². The second-order valence-corrected chi connectivity index (χ2v) is 12.0. The molecule has 0 heterocycles. The lowest BCUT2D eigenvalue weighted by molar-refractivity contribution is -0.139. The molecule has 3 aromatic carbocycles. The normalized spacial score (nSPS) is 12.1. The average molecular weight is 570 g/mol. The zero-order chi connectivity index (χ0) is 28.7. The van der Waals surface area contributed by atoms with Crippen molar-refractivity contribution in [2.24, 2.45) is 0 Å². The van der Waals surface area contributed by atoms with E-state index in [1.54, 1.807) is 49.4 Å². The Kier molecular flexibility index (Phi) is 10.2. The molecule has 3 aromatic rings. The summed E-state index contributed by atoms with van der Waals surface area (Å²) in [6.45, 7) is 9.36. The van der Waals surface area contributed by atoms with E-state index in [2.05, 4.69) is 5.32 Å². The van der Waals surface area contributed by atoms with Gasteiger partial charge in [-0.15, -0.1) is 0 Å². The van der Waals surface area contributed by atoms with Crippen LogP contribution in [-0.2, 0) is 26.2 Å². The van der Waals surface area contributed by atoms with Crippen molar-refractivity contribution in [3.63, 3.8) is 0 Å². The first kappa shape index (κ1) is 30.2. The summed E-state index contributed by atoms with van der Waals surface area (Å²) in [6.07, 6.45) is 0.746. The molecule has 1 atom stereocenters. The van der Waals surface area contributed by atoms with Gasteiger partial charge in [-0.2, -0.15) is 0 Å². The highest BCUT2D eigenvalue weighted by molar-refractivity contribution is 7.92. The SMILES string of the molecule is CCCNC(=O)[C@@H](C)N(Cc1cccc(Cl)c1)C(=O)CN(c1ccc(C)c(C)c1)S(=O)(=O)c1ccc(C)cc1. The van der Waals surface area contributed by atoms with Gasteiger partial charge < -0.3 is 10.2 Å². The Balaban J connectivity index is 2.04. The third-order valence-corrected chi connectivity index (χ3v) is 8.65. The molecule has 208 valence electrons. The maximum atomic E-state index is 13.9. The Hall–Kier alpha value is -3.36. The third-order valence-electron chi connectivity index (χ3n) is 6.62. The van der Waals surface area contributed by atoms with Crippen molar-refractivity contribution in [3.8, 4) is 0 Å². The molecule has 0 aliphatic rings. The maximum Gasteiger partial charge on any atom is 0.264 e. The summed E-state index contributed by atoms with van der Waals surface area (Å²) in [4.78, 5) is 28.3. The number of hydrogen-bond donors (Lipinski definition) is 1. The minimum Gasteiger partial charge on any atom is -0.354 e. The Bertz CT molecular complexity index is 1420. The van der Waals surface area contributed by atoms with Crippen LogP contribution in [0.2, 0.25) is 5.02 Å². The van der Waals surface area contributed by atoms with E-state index in [0.29, 0.717) is 17.3 Å². The molecule has 0 aliphatic heterocycles. The molecular weight excluding hydrogens is 534 g/mol. The number of nitrogens with one attached hydrogen (secondary N) is 1. The lowest BCUT2D eigenvalue weighted by atomic mass is 10.1. The number of rotatable bonds is 11. The molecule has 0 spiro atoms. The summed E-state index contributed by atoms with van der Waals surface area (Å²) >= 11 is 6.18. The summed E-state index contributed by atoms with van der Waals surface area (Å²) in [5.74, 6) is -0.825. The highest BCUT2D eigenvalue weighted by Crippen LogP contribution is 2.27. The molecule has 0 saturated heterocycles. The first-order valence-corrected chi connectivity index (χ1v) is 14.7. The standard InChI is InChI=1S/C30H36ClN3O4S/c1-6-16-32-30(36)24(5)33(19-25-8-7-9-26(31)18-25)29(35)20-34(27-13-12-22(3)23(4)17-27)39(37,38)28-14-10-21(2)11-15-28/h7-15,17-18,24H,6,16,19-20H2,1-5H3,(H,32,36)/t24-/m1/s1. The number of benzene rings is 3. The van der Waals surface area contributed by atoms with Gasteiger partial charge in [-0.1, -0.05) is 54.4 Å². The Morgan fingerprint density at radius 2 is 1.64 bits per heavy atom. The van der Waals surface area contributed by atoms with Crippen LogP contribution in [0.3, 0.4) is 0 Å². The van der Waals surface area contributed by atoms with Gasteiger partial charge in [0.1, 0.15) is 12.6 Å². The predicted molar refractivity (Wildman–Crippen MR) is 156 cm³/mol. The quantitative estimate of drug-likeness (QED) is 0.335. The van der Waals surface area contributed by atoms with Gasteiger partial charge >= 0.3 is 0 Å². The monoisotopic (exact) mass is 569 g/mol. The highest BCUT2D eigenvalue weighted by atomic mass is 35.5. The van der Waals surface area contributed by atoms with E-state index >= 15 is 0 Å². The van der Waals surface area contributed by atoms with Gasteiger partial charge in [-0.05, 0) is 87.2 Å². The number of carbonyl (C=O) groups is 2. The maximum absolute atomic E-state index is 13.9. The second kappa shape index (κ2) is 13.1. The van der Waals surface area contributed by atoms with Gasteiger partial charge in [0.05, 0.1) is 10.6 Å². The number of aryl methyl sites for hydroxylation is 3. The average Bonchev–Trinajstić information content (AvgIpc) is 2.90. The van der Waals surface area contributed by atoms with E-state index in [1.165, 1.54) is 17.0 Å². The Labute approximate surface area is 236 Å². The van der Waals surface area contributed by atoms with E-state index in [1.807, 2.05) is 39.8 Å². The molecule has 0 fully saturated rings. The molecular formula is C30H36ClN3O4S. The van der Waals surface area contributed by atoms with E-state index in [-0.39, 0.29) is 17.3 Å². The molecule has 7 nitrogen and oxygen atoms in total. The minimum atomic E-state index is -4.10. The summed E-state index contributed by atoms with van der Waals surface area (Å²) in [5.41, 5.74) is 3.92. The van der Waals surface area contributed by atoms with Crippen LogP contribution in [0.15, 0.2) is 71.6 Å². The molecule has 0 aromatic heterocycles. The van der Waals surface area contributed by atoms with Gasteiger partial charge in [0.2, 0.25) is 11.8 Å². The van der Waals surface area contributed by atoms with E-state index < -0.39 is 28.5 Å². The van der Waals surface area contributed by atoms with Gasteiger partial charge in [-0.25, -0.2) is 8.42 Å². The lowest BCUT2D eigenvalue weighted by Crippen LogP contribution is -2.51. The molecule has 3 rings (SSSR count). The van der Waals surface area contributed by atoms with Crippen molar-refractivity contribution >= 4 is 39.1 Å². The van der Waals surface area contributed by atoms with Crippen molar-refractivity contribution in [3.05, 3.63) is 94.0 Å². The van der Waals surface area contributed by atoms with Crippen molar-refractivity contribution < 1.29 is 18.0 Å².